The second-order valence-corrected chi connectivity index (χ2v) is 3.21. The van der Waals surface area contributed by atoms with Crippen LogP contribution in [0.2, 0.25) is 0 Å². The Morgan fingerprint density at radius 3 is 2.87 bits per heavy atom. The van der Waals surface area contributed by atoms with Crippen molar-refractivity contribution in [1.29, 1.82) is 0 Å². The molecule has 0 heterocycles. The summed E-state index contributed by atoms with van der Waals surface area (Å²) in [6, 6.07) is 6.06. The van der Waals surface area contributed by atoms with Crippen molar-refractivity contribution < 1.29 is 13.5 Å². The summed E-state index contributed by atoms with van der Waals surface area (Å²) in [7, 11) is 1.80. The molecule has 0 amide bonds. The van der Waals surface area contributed by atoms with Gasteiger partial charge in [-0.25, -0.2) is 8.78 Å². The van der Waals surface area contributed by atoms with E-state index in [2.05, 4.69) is 5.32 Å². The molecular formula is C11H15F2NO. The standard InChI is InChI=1S/C11H15F2NO/c1-14-6-5-11(15-8-12)9-3-2-4-10(13)7-9/h2-4,7,11,14H,5-6,8H2,1H3. The summed E-state index contributed by atoms with van der Waals surface area (Å²) < 4.78 is 30.0. The van der Waals surface area contributed by atoms with Gasteiger partial charge in [0.25, 0.3) is 0 Å². The van der Waals surface area contributed by atoms with Crippen molar-refractivity contribution in [2.24, 2.45) is 0 Å². The van der Waals surface area contributed by atoms with Crippen molar-refractivity contribution in [3.05, 3.63) is 35.6 Å². The third kappa shape index (κ3) is 3.93. The summed E-state index contributed by atoms with van der Waals surface area (Å²) >= 11 is 0. The lowest BCUT2D eigenvalue weighted by Gasteiger charge is -2.16. The van der Waals surface area contributed by atoms with Gasteiger partial charge in [-0.2, -0.15) is 0 Å². The molecule has 0 spiro atoms. The highest BCUT2D eigenvalue weighted by Crippen LogP contribution is 2.21. The summed E-state index contributed by atoms with van der Waals surface area (Å²) in [4.78, 5) is 0. The molecule has 1 unspecified atom stereocenters. The van der Waals surface area contributed by atoms with Crippen molar-refractivity contribution >= 4 is 0 Å². The first-order valence-corrected chi connectivity index (χ1v) is 4.85. The maximum absolute atomic E-state index is 12.9. The number of nitrogens with one attached hydrogen (secondary N) is 1. The molecule has 0 aromatic heterocycles. The van der Waals surface area contributed by atoms with Crippen LogP contribution in [0.15, 0.2) is 24.3 Å². The van der Waals surface area contributed by atoms with Crippen LogP contribution in [-0.4, -0.2) is 20.5 Å². The Hall–Kier alpha value is -1.00. The van der Waals surface area contributed by atoms with E-state index in [-0.39, 0.29) is 5.82 Å². The lowest BCUT2D eigenvalue weighted by Crippen LogP contribution is -2.14. The van der Waals surface area contributed by atoms with Gasteiger partial charge >= 0.3 is 0 Å². The zero-order chi connectivity index (χ0) is 11.1. The van der Waals surface area contributed by atoms with Crippen LogP contribution in [0, 0.1) is 5.82 Å². The first kappa shape index (κ1) is 12.1. The Balaban J connectivity index is 2.69. The number of halogens is 2. The molecule has 4 heteroatoms. The van der Waals surface area contributed by atoms with Crippen molar-refractivity contribution in [1.82, 2.24) is 5.32 Å². The van der Waals surface area contributed by atoms with Crippen LogP contribution in [0.5, 0.6) is 0 Å². The minimum Gasteiger partial charge on any atom is -0.342 e. The molecule has 1 aromatic carbocycles. The number of alkyl halides is 1. The summed E-state index contributed by atoms with van der Waals surface area (Å²) in [6.45, 7) is -0.161. The van der Waals surface area contributed by atoms with E-state index in [1.165, 1.54) is 12.1 Å². The summed E-state index contributed by atoms with van der Waals surface area (Å²) in [5.41, 5.74) is 0.669. The van der Waals surface area contributed by atoms with Gasteiger partial charge in [0.15, 0.2) is 6.86 Å². The van der Waals surface area contributed by atoms with Gasteiger partial charge < -0.3 is 10.1 Å². The fourth-order valence-corrected chi connectivity index (χ4v) is 1.40. The number of hydrogen-bond acceptors (Lipinski definition) is 2. The van der Waals surface area contributed by atoms with E-state index in [0.717, 1.165) is 0 Å². The van der Waals surface area contributed by atoms with Crippen molar-refractivity contribution in [3.8, 4) is 0 Å². The number of rotatable bonds is 6. The second kappa shape index (κ2) is 6.48. The normalized spacial score (nSPS) is 12.7. The second-order valence-electron chi connectivity index (χ2n) is 3.21. The average molecular weight is 215 g/mol. The predicted molar refractivity (Wildman–Crippen MR) is 54.7 cm³/mol. The van der Waals surface area contributed by atoms with Gasteiger partial charge in [-0.3, -0.25) is 0 Å². The molecule has 1 atom stereocenters. The van der Waals surface area contributed by atoms with Crippen LogP contribution in [0.25, 0.3) is 0 Å². The molecule has 15 heavy (non-hydrogen) atoms. The van der Waals surface area contributed by atoms with Crippen molar-refractivity contribution in [2.45, 2.75) is 12.5 Å². The SMILES string of the molecule is CNCCC(OCF)c1cccc(F)c1. The van der Waals surface area contributed by atoms with Gasteiger partial charge in [0.05, 0.1) is 6.10 Å². The highest BCUT2D eigenvalue weighted by Gasteiger charge is 2.11. The molecule has 1 aromatic rings. The smallest absolute Gasteiger partial charge is 0.189 e. The molecule has 0 aliphatic carbocycles. The van der Waals surface area contributed by atoms with Crippen LogP contribution in [0.4, 0.5) is 8.78 Å². The molecule has 0 bridgehead atoms. The van der Waals surface area contributed by atoms with Crippen LogP contribution in [0.3, 0.4) is 0 Å². The van der Waals surface area contributed by atoms with Gasteiger partial charge in [0.1, 0.15) is 5.82 Å². The van der Waals surface area contributed by atoms with Gasteiger partial charge in [-0.1, -0.05) is 12.1 Å². The molecule has 0 saturated heterocycles. The van der Waals surface area contributed by atoms with Gasteiger partial charge in [0.2, 0.25) is 0 Å². The number of hydrogen-bond donors (Lipinski definition) is 1. The number of ether oxygens (including phenoxy) is 1. The summed E-state index contributed by atoms with van der Waals surface area (Å²) in [5.74, 6) is -0.329. The summed E-state index contributed by atoms with van der Waals surface area (Å²) in [6.07, 6.45) is 0.224. The minimum atomic E-state index is -0.856. The Labute approximate surface area is 88.3 Å². The maximum atomic E-state index is 12.9. The van der Waals surface area contributed by atoms with Crippen LogP contribution in [-0.2, 0) is 4.74 Å². The summed E-state index contributed by atoms with van der Waals surface area (Å²) in [5, 5.41) is 2.94. The maximum Gasteiger partial charge on any atom is 0.189 e. The van der Waals surface area contributed by atoms with Gasteiger partial charge in [-0.15, -0.1) is 0 Å². The molecule has 1 N–H and O–H groups in total. The topological polar surface area (TPSA) is 21.3 Å². The van der Waals surface area contributed by atoms with E-state index >= 15 is 0 Å². The van der Waals surface area contributed by atoms with E-state index in [9.17, 15) is 8.78 Å². The molecule has 2 nitrogen and oxygen atoms in total. The van der Waals surface area contributed by atoms with Gasteiger partial charge in [0, 0.05) is 0 Å². The molecule has 0 fully saturated rings. The quantitative estimate of drug-likeness (QED) is 0.786. The highest BCUT2D eigenvalue weighted by atomic mass is 19.1. The Bertz CT molecular complexity index is 294. The fourth-order valence-electron chi connectivity index (χ4n) is 1.40. The zero-order valence-corrected chi connectivity index (χ0v) is 8.67. The van der Waals surface area contributed by atoms with Crippen LogP contribution in [0.1, 0.15) is 18.1 Å². The Kier molecular flexibility index (Phi) is 5.21. The lowest BCUT2D eigenvalue weighted by molar-refractivity contribution is -0.00962. The fraction of sp³-hybridized carbons (Fsp3) is 0.455. The largest absolute Gasteiger partial charge is 0.342 e. The minimum absolute atomic E-state index is 0.329. The first-order chi connectivity index (χ1) is 7.27. The molecule has 0 radical (unpaired) electrons. The molecule has 1 rings (SSSR count). The molecule has 0 aliphatic rings. The van der Waals surface area contributed by atoms with E-state index in [1.54, 1.807) is 19.2 Å². The molecular weight excluding hydrogens is 200 g/mol. The zero-order valence-electron chi connectivity index (χ0n) is 8.67. The third-order valence-corrected chi connectivity index (χ3v) is 2.14. The predicted octanol–water partition coefficient (Wildman–Crippen LogP) is 2.42. The third-order valence-electron chi connectivity index (χ3n) is 2.14. The average Bonchev–Trinajstić information content (AvgIpc) is 2.24. The van der Waals surface area contributed by atoms with Crippen LogP contribution >= 0.6 is 0 Å². The van der Waals surface area contributed by atoms with Crippen molar-refractivity contribution in [2.75, 3.05) is 20.5 Å². The monoisotopic (exact) mass is 215 g/mol. The Morgan fingerprint density at radius 2 is 2.27 bits per heavy atom. The van der Waals surface area contributed by atoms with Crippen molar-refractivity contribution in [3.63, 3.8) is 0 Å². The van der Waals surface area contributed by atoms with Crippen LogP contribution < -0.4 is 5.32 Å². The molecule has 84 valence electrons. The van der Waals surface area contributed by atoms with E-state index in [4.69, 9.17) is 4.74 Å². The van der Waals surface area contributed by atoms with E-state index in [1.807, 2.05) is 0 Å². The lowest BCUT2D eigenvalue weighted by atomic mass is 10.1. The Morgan fingerprint density at radius 1 is 1.47 bits per heavy atom. The molecule has 0 saturated carbocycles. The first-order valence-electron chi connectivity index (χ1n) is 4.85. The van der Waals surface area contributed by atoms with Gasteiger partial charge in [-0.05, 0) is 37.7 Å². The highest BCUT2D eigenvalue weighted by molar-refractivity contribution is 5.18. The van der Waals surface area contributed by atoms with E-state index < -0.39 is 13.0 Å². The van der Waals surface area contributed by atoms with E-state index in [0.29, 0.717) is 18.5 Å². The molecule has 0 aliphatic heterocycles. The number of benzene rings is 1.